The number of nitrogens with one attached hydrogen (secondary N) is 1. The van der Waals surface area contributed by atoms with Crippen molar-refractivity contribution in [1.29, 1.82) is 0 Å². The van der Waals surface area contributed by atoms with E-state index in [1.807, 2.05) is 6.20 Å². The first-order chi connectivity index (χ1) is 10.3. The normalized spacial score (nSPS) is 23.1. The quantitative estimate of drug-likeness (QED) is 0.757. The van der Waals surface area contributed by atoms with Crippen LogP contribution in [0.2, 0.25) is 0 Å². The molecule has 0 spiro atoms. The van der Waals surface area contributed by atoms with Crippen LogP contribution in [0.25, 0.3) is 0 Å². The van der Waals surface area contributed by atoms with E-state index in [2.05, 4.69) is 9.97 Å². The Hall–Kier alpha value is -0.830. The number of aliphatic hydroxyl groups is 1. The van der Waals surface area contributed by atoms with Gasteiger partial charge in [-0.15, -0.1) is 0 Å². The monoisotopic (exact) mass is 290 g/mol. The van der Waals surface area contributed by atoms with E-state index in [0.717, 1.165) is 24.7 Å². The Morgan fingerprint density at radius 1 is 1.19 bits per heavy atom. The van der Waals surface area contributed by atoms with Gasteiger partial charge in [0, 0.05) is 11.9 Å². The number of rotatable bonds is 8. The van der Waals surface area contributed by atoms with Gasteiger partial charge < -0.3 is 10.1 Å². The third-order valence-electron chi connectivity index (χ3n) is 5.57. The minimum absolute atomic E-state index is 0.121. The lowest BCUT2D eigenvalue weighted by atomic mass is 9.84. The van der Waals surface area contributed by atoms with E-state index in [9.17, 15) is 5.11 Å². The number of aromatic amines is 1. The fourth-order valence-electron chi connectivity index (χ4n) is 4.10. The van der Waals surface area contributed by atoms with E-state index in [1.165, 1.54) is 63.5 Å². The number of aliphatic hydroxyl groups excluding tert-OH is 1. The molecule has 2 N–H and O–H groups in total. The standard InChI is InChI=1S/C18H30N2O/c21-18(8-4-7-14-5-2-1-3-6-14)17(15-9-10-15)11-16-12-19-13-20-16/h12-15,17-18,21H,1-11H2,(H,19,20). The van der Waals surface area contributed by atoms with Gasteiger partial charge in [0.2, 0.25) is 0 Å². The maximum absolute atomic E-state index is 10.6. The zero-order valence-electron chi connectivity index (χ0n) is 13.1. The Balaban J connectivity index is 1.42. The largest absolute Gasteiger partial charge is 0.393 e. The van der Waals surface area contributed by atoms with Crippen LogP contribution in [-0.4, -0.2) is 21.2 Å². The molecule has 0 saturated heterocycles. The minimum atomic E-state index is -0.121. The summed E-state index contributed by atoms with van der Waals surface area (Å²) in [5.41, 5.74) is 1.18. The second kappa shape index (κ2) is 7.44. The van der Waals surface area contributed by atoms with Crippen molar-refractivity contribution in [2.45, 2.75) is 76.7 Å². The highest BCUT2D eigenvalue weighted by molar-refractivity contribution is 5.00. The number of nitrogens with zero attached hydrogens (tertiary/aromatic N) is 1. The Bertz CT molecular complexity index is 393. The maximum Gasteiger partial charge on any atom is 0.0921 e. The summed E-state index contributed by atoms with van der Waals surface area (Å²) in [6, 6.07) is 0. The average Bonchev–Trinajstić information content (AvgIpc) is 3.22. The highest BCUT2D eigenvalue weighted by atomic mass is 16.3. The molecule has 0 amide bonds. The van der Waals surface area contributed by atoms with Crippen LogP contribution in [0, 0.1) is 17.8 Å². The molecule has 1 aromatic rings. The van der Waals surface area contributed by atoms with Crippen LogP contribution < -0.4 is 0 Å². The lowest BCUT2D eigenvalue weighted by Gasteiger charge is -2.25. The number of imidazole rings is 1. The van der Waals surface area contributed by atoms with Gasteiger partial charge in [0.1, 0.15) is 0 Å². The molecule has 0 aliphatic heterocycles. The van der Waals surface area contributed by atoms with Crippen molar-refractivity contribution in [2.75, 3.05) is 0 Å². The fraction of sp³-hybridized carbons (Fsp3) is 0.833. The summed E-state index contributed by atoms with van der Waals surface area (Å²) in [5, 5.41) is 10.6. The SMILES string of the molecule is OC(CCCC1CCCCC1)C(Cc1cnc[nH]1)C1CC1. The molecule has 1 heterocycles. The summed E-state index contributed by atoms with van der Waals surface area (Å²) >= 11 is 0. The van der Waals surface area contributed by atoms with Crippen molar-refractivity contribution in [3.05, 3.63) is 18.2 Å². The Morgan fingerprint density at radius 2 is 2.00 bits per heavy atom. The smallest absolute Gasteiger partial charge is 0.0921 e. The van der Waals surface area contributed by atoms with Gasteiger partial charge in [0.15, 0.2) is 0 Å². The third-order valence-corrected chi connectivity index (χ3v) is 5.57. The molecule has 2 fully saturated rings. The van der Waals surface area contributed by atoms with Gasteiger partial charge in [0.05, 0.1) is 12.4 Å². The zero-order valence-corrected chi connectivity index (χ0v) is 13.1. The predicted octanol–water partition coefficient (Wildman–Crippen LogP) is 4.09. The van der Waals surface area contributed by atoms with Crippen molar-refractivity contribution in [3.8, 4) is 0 Å². The van der Waals surface area contributed by atoms with Gasteiger partial charge in [-0.2, -0.15) is 0 Å². The second-order valence-electron chi connectivity index (χ2n) is 7.28. The average molecular weight is 290 g/mol. The van der Waals surface area contributed by atoms with Crippen LogP contribution in [0.5, 0.6) is 0 Å². The summed E-state index contributed by atoms with van der Waals surface area (Å²) < 4.78 is 0. The molecule has 3 heteroatoms. The van der Waals surface area contributed by atoms with Crippen LogP contribution in [0.3, 0.4) is 0 Å². The van der Waals surface area contributed by atoms with Gasteiger partial charge in [-0.3, -0.25) is 0 Å². The van der Waals surface area contributed by atoms with Crippen LogP contribution in [-0.2, 0) is 6.42 Å². The van der Waals surface area contributed by atoms with Crippen LogP contribution in [0.15, 0.2) is 12.5 Å². The molecular weight excluding hydrogens is 260 g/mol. The molecule has 2 atom stereocenters. The molecule has 0 bridgehead atoms. The minimum Gasteiger partial charge on any atom is -0.393 e. The molecule has 1 aromatic heterocycles. The van der Waals surface area contributed by atoms with Crippen molar-refractivity contribution in [2.24, 2.45) is 17.8 Å². The van der Waals surface area contributed by atoms with Crippen LogP contribution in [0.4, 0.5) is 0 Å². The Labute approximate surface area is 128 Å². The predicted molar refractivity (Wildman–Crippen MR) is 84.9 cm³/mol. The Kier molecular flexibility index (Phi) is 5.34. The van der Waals surface area contributed by atoms with Gasteiger partial charge >= 0.3 is 0 Å². The van der Waals surface area contributed by atoms with E-state index >= 15 is 0 Å². The number of hydrogen-bond acceptors (Lipinski definition) is 2. The van der Waals surface area contributed by atoms with Crippen molar-refractivity contribution in [3.63, 3.8) is 0 Å². The summed E-state index contributed by atoms with van der Waals surface area (Å²) in [7, 11) is 0. The van der Waals surface area contributed by atoms with Crippen molar-refractivity contribution in [1.82, 2.24) is 9.97 Å². The Morgan fingerprint density at radius 3 is 2.67 bits per heavy atom. The summed E-state index contributed by atoms with van der Waals surface area (Å²) in [4.78, 5) is 7.29. The first-order valence-corrected chi connectivity index (χ1v) is 8.98. The highest BCUT2D eigenvalue weighted by Crippen LogP contribution is 2.41. The number of hydrogen-bond donors (Lipinski definition) is 2. The van der Waals surface area contributed by atoms with Crippen molar-refractivity contribution < 1.29 is 5.11 Å². The van der Waals surface area contributed by atoms with E-state index < -0.39 is 0 Å². The molecule has 2 aliphatic rings. The van der Waals surface area contributed by atoms with Gasteiger partial charge in [0.25, 0.3) is 0 Å². The molecule has 0 aromatic carbocycles. The molecule has 21 heavy (non-hydrogen) atoms. The number of aromatic nitrogens is 2. The molecule has 3 rings (SSSR count). The summed E-state index contributed by atoms with van der Waals surface area (Å²) in [6.45, 7) is 0. The maximum atomic E-state index is 10.6. The van der Waals surface area contributed by atoms with Gasteiger partial charge in [-0.05, 0) is 43.4 Å². The first kappa shape index (κ1) is 15.1. The van der Waals surface area contributed by atoms with Gasteiger partial charge in [-0.1, -0.05) is 44.9 Å². The number of H-pyrrole nitrogens is 1. The molecular formula is C18H30N2O. The van der Waals surface area contributed by atoms with Crippen molar-refractivity contribution >= 4 is 0 Å². The molecule has 2 saturated carbocycles. The van der Waals surface area contributed by atoms with E-state index in [1.54, 1.807) is 6.33 Å². The van der Waals surface area contributed by atoms with Gasteiger partial charge in [-0.25, -0.2) is 4.98 Å². The third kappa shape index (κ3) is 4.57. The zero-order chi connectivity index (χ0) is 14.5. The van der Waals surface area contributed by atoms with Crippen LogP contribution in [0.1, 0.15) is 69.9 Å². The topological polar surface area (TPSA) is 48.9 Å². The summed E-state index contributed by atoms with van der Waals surface area (Å²) in [5.74, 6) is 2.13. The molecule has 2 aliphatic carbocycles. The summed E-state index contributed by atoms with van der Waals surface area (Å²) in [6.07, 6.45) is 17.8. The lowest BCUT2D eigenvalue weighted by Crippen LogP contribution is -2.25. The molecule has 3 nitrogen and oxygen atoms in total. The second-order valence-corrected chi connectivity index (χ2v) is 7.28. The fourth-order valence-corrected chi connectivity index (χ4v) is 4.10. The lowest BCUT2D eigenvalue weighted by molar-refractivity contribution is 0.0818. The molecule has 118 valence electrons. The first-order valence-electron chi connectivity index (χ1n) is 8.98. The van der Waals surface area contributed by atoms with Crippen LogP contribution >= 0.6 is 0 Å². The molecule has 2 unspecified atom stereocenters. The van der Waals surface area contributed by atoms with E-state index in [4.69, 9.17) is 0 Å². The highest BCUT2D eigenvalue weighted by Gasteiger charge is 2.35. The van der Waals surface area contributed by atoms with E-state index in [0.29, 0.717) is 5.92 Å². The molecule has 0 radical (unpaired) electrons. The van der Waals surface area contributed by atoms with E-state index in [-0.39, 0.29) is 6.10 Å².